The Bertz CT molecular complexity index is 632. The number of nitrogens with one attached hydrogen (secondary N) is 1. The fourth-order valence-electron chi connectivity index (χ4n) is 2.75. The van der Waals surface area contributed by atoms with Crippen molar-refractivity contribution in [2.75, 3.05) is 6.54 Å². The number of aromatic nitrogens is 2. The van der Waals surface area contributed by atoms with Gasteiger partial charge in [-0.1, -0.05) is 19.1 Å². The number of imidazole rings is 1. The minimum Gasteiger partial charge on any atom is -0.356 e. The predicted molar refractivity (Wildman–Crippen MR) is 79.4 cm³/mol. The molecule has 2 aromatic rings. The highest BCUT2D eigenvalue weighted by atomic mass is 16.2. The molecular weight excluding hydrogens is 250 g/mol. The van der Waals surface area contributed by atoms with E-state index in [0.717, 1.165) is 37.3 Å². The van der Waals surface area contributed by atoms with Gasteiger partial charge in [0.05, 0.1) is 11.0 Å². The molecule has 0 aliphatic heterocycles. The van der Waals surface area contributed by atoms with E-state index in [1.165, 1.54) is 5.52 Å². The summed E-state index contributed by atoms with van der Waals surface area (Å²) in [7, 11) is 0. The van der Waals surface area contributed by atoms with Crippen LogP contribution in [0.2, 0.25) is 0 Å². The average Bonchev–Trinajstić information content (AvgIpc) is 3.08. The van der Waals surface area contributed by atoms with Crippen LogP contribution in [0.5, 0.6) is 0 Å². The van der Waals surface area contributed by atoms with Crippen molar-refractivity contribution < 1.29 is 4.79 Å². The van der Waals surface area contributed by atoms with Crippen LogP contribution in [0.15, 0.2) is 24.3 Å². The Morgan fingerprint density at radius 1 is 1.45 bits per heavy atom. The molecule has 0 radical (unpaired) electrons. The molecule has 1 aromatic carbocycles. The first-order chi connectivity index (χ1) is 9.66. The number of aryl methyl sites for hydroxylation is 2. The summed E-state index contributed by atoms with van der Waals surface area (Å²) in [6.45, 7) is 5.80. The van der Waals surface area contributed by atoms with Gasteiger partial charge in [-0.25, -0.2) is 4.98 Å². The molecular formula is C16H21N3O. The smallest absolute Gasteiger partial charge is 0.223 e. The third-order valence-corrected chi connectivity index (χ3v) is 4.15. The van der Waals surface area contributed by atoms with Crippen LogP contribution in [0.4, 0.5) is 0 Å². The number of amides is 1. The van der Waals surface area contributed by atoms with Gasteiger partial charge < -0.3 is 9.88 Å². The molecule has 106 valence electrons. The molecule has 4 heteroatoms. The molecule has 1 fully saturated rings. The average molecular weight is 271 g/mol. The Labute approximate surface area is 119 Å². The van der Waals surface area contributed by atoms with E-state index in [-0.39, 0.29) is 11.8 Å². The van der Waals surface area contributed by atoms with Crippen LogP contribution in [-0.2, 0) is 11.3 Å². The van der Waals surface area contributed by atoms with E-state index >= 15 is 0 Å². The number of nitrogens with zero attached hydrogens (tertiary/aromatic N) is 2. The summed E-state index contributed by atoms with van der Waals surface area (Å²) in [6, 6.07) is 8.18. The van der Waals surface area contributed by atoms with Crippen LogP contribution < -0.4 is 5.32 Å². The van der Waals surface area contributed by atoms with E-state index < -0.39 is 0 Å². The zero-order valence-electron chi connectivity index (χ0n) is 12.1. The second-order valence-corrected chi connectivity index (χ2v) is 5.76. The lowest BCUT2D eigenvalue weighted by atomic mass is 10.3. The van der Waals surface area contributed by atoms with Gasteiger partial charge in [-0.2, -0.15) is 0 Å². The Balaban J connectivity index is 1.55. The van der Waals surface area contributed by atoms with Gasteiger partial charge >= 0.3 is 0 Å². The highest BCUT2D eigenvalue weighted by molar-refractivity contribution is 5.81. The maximum absolute atomic E-state index is 11.7. The molecule has 3 rings (SSSR count). The molecule has 2 atom stereocenters. The summed E-state index contributed by atoms with van der Waals surface area (Å²) in [4.78, 5) is 16.3. The van der Waals surface area contributed by atoms with Crippen LogP contribution in [0, 0.1) is 18.8 Å². The number of carbonyl (C=O) groups excluding carboxylic acids is 1. The monoisotopic (exact) mass is 271 g/mol. The van der Waals surface area contributed by atoms with Crippen LogP contribution in [0.1, 0.15) is 25.6 Å². The first-order valence-electron chi connectivity index (χ1n) is 7.36. The molecule has 1 N–H and O–H groups in total. The number of benzene rings is 1. The van der Waals surface area contributed by atoms with E-state index in [1.54, 1.807) is 0 Å². The lowest BCUT2D eigenvalue weighted by Gasteiger charge is -2.08. The Morgan fingerprint density at radius 2 is 2.20 bits per heavy atom. The van der Waals surface area contributed by atoms with Crippen molar-refractivity contribution in [3.05, 3.63) is 30.1 Å². The minimum atomic E-state index is 0.227. The highest BCUT2D eigenvalue weighted by Crippen LogP contribution is 2.37. The lowest BCUT2D eigenvalue weighted by Crippen LogP contribution is -2.27. The van der Waals surface area contributed by atoms with Crippen molar-refractivity contribution in [1.29, 1.82) is 0 Å². The zero-order valence-corrected chi connectivity index (χ0v) is 12.1. The van der Waals surface area contributed by atoms with Crippen LogP contribution >= 0.6 is 0 Å². The van der Waals surface area contributed by atoms with E-state index in [2.05, 4.69) is 27.9 Å². The van der Waals surface area contributed by atoms with Gasteiger partial charge in [-0.15, -0.1) is 0 Å². The SMILES string of the molecule is Cc1nc2ccccc2n1CCCNC(=O)[C@@H]1C[C@@H]1C. The van der Waals surface area contributed by atoms with Crippen molar-refractivity contribution in [2.24, 2.45) is 11.8 Å². The highest BCUT2D eigenvalue weighted by Gasteiger charge is 2.38. The first kappa shape index (κ1) is 13.2. The van der Waals surface area contributed by atoms with Gasteiger partial charge in [0.15, 0.2) is 0 Å². The maximum Gasteiger partial charge on any atom is 0.223 e. The van der Waals surface area contributed by atoms with Crippen molar-refractivity contribution >= 4 is 16.9 Å². The normalized spacial score (nSPS) is 21.1. The van der Waals surface area contributed by atoms with Crippen molar-refractivity contribution in [3.8, 4) is 0 Å². The molecule has 1 aliphatic rings. The number of rotatable bonds is 5. The summed E-state index contributed by atoms with van der Waals surface area (Å²) in [6.07, 6.45) is 1.99. The van der Waals surface area contributed by atoms with Gasteiger partial charge in [-0.05, 0) is 37.8 Å². The van der Waals surface area contributed by atoms with Crippen LogP contribution in [0.3, 0.4) is 0 Å². The van der Waals surface area contributed by atoms with Gasteiger partial charge in [0.2, 0.25) is 5.91 Å². The second kappa shape index (κ2) is 5.27. The molecule has 1 heterocycles. The zero-order chi connectivity index (χ0) is 14.1. The molecule has 20 heavy (non-hydrogen) atoms. The third kappa shape index (κ3) is 2.55. The van der Waals surface area contributed by atoms with Gasteiger partial charge in [-0.3, -0.25) is 4.79 Å². The number of hydrogen-bond donors (Lipinski definition) is 1. The molecule has 4 nitrogen and oxygen atoms in total. The second-order valence-electron chi connectivity index (χ2n) is 5.76. The van der Waals surface area contributed by atoms with Crippen LogP contribution in [0.25, 0.3) is 11.0 Å². The summed E-state index contributed by atoms with van der Waals surface area (Å²) in [5.41, 5.74) is 2.22. The lowest BCUT2D eigenvalue weighted by molar-refractivity contribution is -0.122. The Hall–Kier alpha value is -1.84. The fourth-order valence-corrected chi connectivity index (χ4v) is 2.75. The quantitative estimate of drug-likeness (QED) is 0.849. The topological polar surface area (TPSA) is 46.9 Å². The molecule has 0 bridgehead atoms. The first-order valence-corrected chi connectivity index (χ1v) is 7.36. The Kier molecular flexibility index (Phi) is 3.47. The summed E-state index contributed by atoms with van der Waals surface area (Å²) < 4.78 is 2.22. The van der Waals surface area contributed by atoms with E-state index in [9.17, 15) is 4.79 Å². The van der Waals surface area contributed by atoms with Gasteiger partial charge in [0, 0.05) is 19.0 Å². The molecule has 0 unspecified atom stereocenters. The van der Waals surface area contributed by atoms with E-state index in [4.69, 9.17) is 0 Å². The minimum absolute atomic E-state index is 0.227. The standard InChI is InChI=1S/C16H21N3O/c1-11-10-13(11)16(20)17-8-5-9-19-12(2)18-14-6-3-4-7-15(14)19/h3-4,6-7,11,13H,5,8-10H2,1-2H3,(H,17,20)/t11-,13+/m0/s1. The van der Waals surface area contributed by atoms with E-state index in [0.29, 0.717) is 5.92 Å². The van der Waals surface area contributed by atoms with Gasteiger partial charge in [0.1, 0.15) is 5.82 Å². The van der Waals surface area contributed by atoms with Crippen LogP contribution in [-0.4, -0.2) is 22.0 Å². The number of hydrogen-bond acceptors (Lipinski definition) is 2. The van der Waals surface area contributed by atoms with Crippen molar-refractivity contribution in [1.82, 2.24) is 14.9 Å². The van der Waals surface area contributed by atoms with Gasteiger partial charge in [0.25, 0.3) is 0 Å². The van der Waals surface area contributed by atoms with E-state index in [1.807, 2.05) is 25.1 Å². The molecule has 1 aromatic heterocycles. The number of para-hydroxylation sites is 2. The summed E-state index contributed by atoms with van der Waals surface area (Å²) in [5, 5.41) is 3.03. The predicted octanol–water partition coefficient (Wildman–Crippen LogP) is 2.51. The number of carbonyl (C=O) groups is 1. The van der Waals surface area contributed by atoms with Crippen molar-refractivity contribution in [3.63, 3.8) is 0 Å². The largest absolute Gasteiger partial charge is 0.356 e. The summed E-state index contributed by atoms with van der Waals surface area (Å²) >= 11 is 0. The molecule has 1 aliphatic carbocycles. The summed E-state index contributed by atoms with van der Waals surface area (Å²) in [5.74, 6) is 2.11. The Morgan fingerprint density at radius 3 is 2.95 bits per heavy atom. The third-order valence-electron chi connectivity index (χ3n) is 4.15. The maximum atomic E-state index is 11.7. The molecule has 1 saturated carbocycles. The van der Waals surface area contributed by atoms with Crippen molar-refractivity contribution in [2.45, 2.75) is 33.2 Å². The fraction of sp³-hybridized carbons (Fsp3) is 0.500. The molecule has 0 saturated heterocycles. The molecule has 0 spiro atoms. The molecule has 1 amide bonds. The number of fused-ring (bicyclic) bond motifs is 1.